The van der Waals surface area contributed by atoms with Crippen molar-refractivity contribution in [2.75, 3.05) is 18.5 Å². The van der Waals surface area contributed by atoms with E-state index in [9.17, 15) is 14.9 Å². The van der Waals surface area contributed by atoms with Gasteiger partial charge in [-0.25, -0.2) is 0 Å². The number of hydrogen-bond acceptors (Lipinski definition) is 5. The second-order valence-electron chi connectivity index (χ2n) is 4.65. The smallest absolute Gasteiger partial charge is 0.293 e. The molecular formula is C13H16N4O3. The quantitative estimate of drug-likeness (QED) is 0.647. The van der Waals surface area contributed by atoms with E-state index in [2.05, 4.69) is 5.32 Å². The summed E-state index contributed by atoms with van der Waals surface area (Å²) in [6.45, 7) is 3.68. The van der Waals surface area contributed by atoms with E-state index in [1.165, 1.54) is 23.1 Å². The van der Waals surface area contributed by atoms with E-state index in [1.807, 2.05) is 19.9 Å². The molecule has 1 amide bonds. The number of amides is 1. The van der Waals surface area contributed by atoms with Crippen molar-refractivity contribution in [2.24, 2.45) is 0 Å². The third-order valence-corrected chi connectivity index (χ3v) is 2.54. The average molecular weight is 276 g/mol. The molecular weight excluding hydrogens is 260 g/mol. The van der Waals surface area contributed by atoms with Gasteiger partial charge in [0.05, 0.1) is 23.1 Å². The highest BCUT2D eigenvalue weighted by Crippen LogP contribution is 2.28. The maximum Gasteiger partial charge on any atom is 0.293 e. The first kappa shape index (κ1) is 15.4. The number of nitro groups is 1. The third kappa shape index (κ3) is 3.95. The van der Waals surface area contributed by atoms with Gasteiger partial charge in [-0.05, 0) is 26.0 Å². The molecule has 0 fully saturated rings. The van der Waals surface area contributed by atoms with Crippen molar-refractivity contribution in [1.82, 2.24) is 5.32 Å². The fourth-order valence-corrected chi connectivity index (χ4v) is 1.73. The summed E-state index contributed by atoms with van der Waals surface area (Å²) in [5.74, 6) is -0.221. The Morgan fingerprint density at radius 2 is 2.20 bits per heavy atom. The predicted molar refractivity (Wildman–Crippen MR) is 74.4 cm³/mol. The fraction of sp³-hybridized carbons (Fsp3) is 0.385. The van der Waals surface area contributed by atoms with Gasteiger partial charge in [-0.1, -0.05) is 0 Å². The molecule has 0 saturated carbocycles. The second-order valence-corrected chi connectivity index (χ2v) is 4.65. The molecule has 0 aliphatic heterocycles. The molecule has 1 N–H and O–H groups in total. The second kappa shape index (κ2) is 6.52. The van der Waals surface area contributed by atoms with Gasteiger partial charge in [0, 0.05) is 19.2 Å². The lowest BCUT2D eigenvalue weighted by molar-refractivity contribution is -0.384. The fourth-order valence-electron chi connectivity index (χ4n) is 1.73. The molecule has 0 radical (unpaired) electrons. The topological polar surface area (TPSA) is 99.3 Å². The van der Waals surface area contributed by atoms with Crippen molar-refractivity contribution >= 4 is 17.3 Å². The summed E-state index contributed by atoms with van der Waals surface area (Å²) in [6.07, 6.45) is 0. The molecule has 0 aliphatic carbocycles. The van der Waals surface area contributed by atoms with Crippen LogP contribution in [0, 0.1) is 21.4 Å². The summed E-state index contributed by atoms with van der Waals surface area (Å²) >= 11 is 0. The zero-order valence-electron chi connectivity index (χ0n) is 11.6. The zero-order valence-corrected chi connectivity index (χ0v) is 11.6. The number of benzene rings is 1. The van der Waals surface area contributed by atoms with Gasteiger partial charge in [0.1, 0.15) is 5.69 Å². The first-order valence-electron chi connectivity index (χ1n) is 6.04. The van der Waals surface area contributed by atoms with Crippen LogP contribution in [0.5, 0.6) is 0 Å². The highest BCUT2D eigenvalue weighted by Gasteiger charge is 2.19. The van der Waals surface area contributed by atoms with E-state index in [0.717, 1.165) is 0 Å². The molecule has 20 heavy (non-hydrogen) atoms. The summed E-state index contributed by atoms with van der Waals surface area (Å²) < 4.78 is 0. The average Bonchev–Trinajstić information content (AvgIpc) is 2.36. The largest absolute Gasteiger partial charge is 0.360 e. The van der Waals surface area contributed by atoms with Gasteiger partial charge in [-0.2, -0.15) is 5.26 Å². The van der Waals surface area contributed by atoms with Crippen molar-refractivity contribution in [1.29, 1.82) is 5.26 Å². The molecule has 0 spiro atoms. The molecule has 7 heteroatoms. The van der Waals surface area contributed by atoms with Gasteiger partial charge in [0.25, 0.3) is 5.69 Å². The number of hydrogen-bond donors (Lipinski definition) is 1. The summed E-state index contributed by atoms with van der Waals surface area (Å²) in [5, 5.41) is 22.5. The normalized spacial score (nSPS) is 9.95. The molecule has 0 heterocycles. The number of likely N-dealkylation sites (N-methyl/N-ethyl adjacent to an activating group) is 1. The minimum atomic E-state index is -0.562. The Hall–Kier alpha value is -2.62. The summed E-state index contributed by atoms with van der Waals surface area (Å²) in [5.41, 5.74) is 0.317. The first-order chi connectivity index (χ1) is 9.35. The van der Waals surface area contributed by atoms with Crippen molar-refractivity contribution in [3.05, 3.63) is 33.9 Å². The summed E-state index contributed by atoms with van der Waals surface area (Å²) in [6, 6.07) is 6.02. The lowest BCUT2D eigenvalue weighted by Gasteiger charge is -2.19. The molecule has 0 aliphatic rings. The number of rotatable bonds is 5. The van der Waals surface area contributed by atoms with E-state index >= 15 is 0 Å². The van der Waals surface area contributed by atoms with Crippen molar-refractivity contribution < 1.29 is 9.72 Å². The molecule has 7 nitrogen and oxygen atoms in total. The Balaban J connectivity index is 2.98. The van der Waals surface area contributed by atoms with Gasteiger partial charge in [-0.3, -0.25) is 14.9 Å². The van der Waals surface area contributed by atoms with Crippen LogP contribution < -0.4 is 10.2 Å². The number of anilines is 1. The van der Waals surface area contributed by atoms with E-state index in [-0.39, 0.29) is 29.7 Å². The molecule has 1 rings (SSSR count). The van der Waals surface area contributed by atoms with E-state index in [1.54, 1.807) is 7.05 Å². The van der Waals surface area contributed by atoms with E-state index < -0.39 is 4.92 Å². The Kier molecular flexibility index (Phi) is 5.03. The number of nitrogens with zero attached hydrogens (tertiary/aromatic N) is 3. The molecule has 0 bridgehead atoms. The SMILES string of the molecule is CC(C)NC(=O)CN(C)c1ccc(C#N)cc1[N+](=O)[O-]. The minimum Gasteiger partial charge on any atom is -0.360 e. The van der Waals surface area contributed by atoms with Crippen LogP contribution >= 0.6 is 0 Å². The van der Waals surface area contributed by atoms with Crippen LogP contribution in [-0.2, 0) is 4.79 Å². The number of nitriles is 1. The standard InChI is InChI=1S/C13H16N4O3/c1-9(2)15-13(18)8-16(3)11-5-4-10(7-14)6-12(11)17(19)20/h4-6,9H,8H2,1-3H3,(H,15,18). The van der Waals surface area contributed by atoms with Gasteiger partial charge in [-0.15, -0.1) is 0 Å². The monoisotopic (exact) mass is 276 g/mol. The van der Waals surface area contributed by atoms with Crippen LogP contribution in [0.1, 0.15) is 19.4 Å². The van der Waals surface area contributed by atoms with Crippen LogP contribution in [0.25, 0.3) is 0 Å². The van der Waals surface area contributed by atoms with E-state index in [0.29, 0.717) is 5.69 Å². The van der Waals surface area contributed by atoms with Crippen LogP contribution in [0.3, 0.4) is 0 Å². The molecule has 106 valence electrons. The maximum absolute atomic E-state index is 11.7. The Morgan fingerprint density at radius 3 is 2.70 bits per heavy atom. The van der Waals surface area contributed by atoms with Crippen LogP contribution in [0.2, 0.25) is 0 Å². The number of carbonyl (C=O) groups excluding carboxylic acids is 1. The number of nitrogens with one attached hydrogen (secondary N) is 1. The van der Waals surface area contributed by atoms with E-state index in [4.69, 9.17) is 5.26 Å². The van der Waals surface area contributed by atoms with Crippen molar-refractivity contribution in [3.63, 3.8) is 0 Å². The first-order valence-corrected chi connectivity index (χ1v) is 6.04. The molecule has 0 aromatic heterocycles. The highest BCUT2D eigenvalue weighted by molar-refractivity contribution is 5.82. The predicted octanol–water partition coefficient (Wildman–Crippen LogP) is 1.43. The lowest BCUT2D eigenvalue weighted by Crippen LogP contribution is -2.38. The van der Waals surface area contributed by atoms with Gasteiger partial charge >= 0.3 is 0 Å². The lowest BCUT2D eigenvalue weighted by atomic mass is 10.1. The number of carbonyl (C=O) groups is 1. The minimum absolute atomic E-state index is 0.00488. The van der Waals surface area contributed by atoms with Crippen molar-refractivity contribution in [2.45, 2.75) is 19.9 Å². The molecule has 0 atom stereocenters. The number of nitro benzene ring substituents is 1. The summed E-state index contributed by atoms with van der Waals surface area (Å²) in [7, 11) is 1.59. The van der Waals surface area contributed by atoms with Gasteiger partial charge in [0.15, 0.2) is 0 Å². The van der Waals surface area contributed by atoms with Crippen LogP contribution in [-0.4, -0.2) is 30.5 Å². The third-order valence-electron chi connectivity index (χ3n) is 2.54. The molecule has 0 saturated heterocycles. The maximum atomic E-state index is 11.7. The highest BCUT2D eigenvalue weighted by atomic mass is 16.6. The Morgan fingerprint density at radius 1 is 1.55 bits per heavy atom. The van der Waals surface area contributed by atoms with Crippen molar-refractivity contribution in [3.8, 4) is 6.07 Å². The van der Waals surface area contributed by atoms with Gasteiger partial charge in [0.2, 0.25) is 5.91 Å². The molecule has 1 aromatic carbocycles. The molecule has 0 unspecified atom stereocenters. The molecule has 1 aromatic rings. The van der Waals surface area contributed by atoms with Gasteiger partial charge < -0.3 is 10.2 Å². The Labute approximate surface area is 117 Å². The zero-order chi connectivity index (χ0) is 15.3. The van der Waals surface area contributed by atoms with Crippen LogP contribution in [0.4, 0.5) is 11.4 Å². The summed E-state index contributed by atoms with van der Waals surface area (Å²) in [4.78, 5) is 23.6. The Bertz CT molecular complexity index is 563. The van der Waals surface area contributed by atoms with Crippen LogP contribution in [0.15, 0.2) is 18.2 Å².